The minimum Gasteiger partial charge on any atom is -0.344 e. The van der Waals surface area contributed by atoms with Crippen LogP contribution < -0.4 is 5.32 Å². The van der Waals surface area contributed by atoms with Crippen LogP contribution >= 0.6 is 15.9 Å². The van der Waals surface area contributed by atoms with Gasteiger partial charge in [-0.25, -0.2) is 0 Å². The van der Waals surface area contributed by atoms with E-state index in [1.54, 1.807) is 36.7 Å². The van der Waals surface area contributed by atoms with Crippen LogP contribution in [0.25, 0.3) is 0 Å². The third-order valence-electron chi connectivity index (χ3n) is 3.03. The molecule has 20 heavy (non-hydrogen) atoms. The first kappa shape index (κ1) is 15.0. The molecule has 0 fully saturated rings. The molecule has 1 atom stereocenters. The lowest BCUT2D eigenvalue weighted by atomic mass is 10.2. The Morgan fingerprint density at radius 1 is 1.30 bits per heavy atom. The summed E-state index contributed by atoms with van der Waals surface area (Å²) < 4.78 is 14.0. The molecule has 106 valence electrons. The van der Waals surface area contributed by atoms with Gasteiger partial charge in [0, 0.05) is 40.9 Å². The van der Waals surface area contributed by atoms with Gasteiger partial charge >= 0.3 is 0 Å². The monoisotopic (exact) mass is 354 g/mol. The topological polar surface area (TPSA) is 51.1 Å². The first-order valence-electron chi connectivity index (χ1n) is 5.96. The molecule has 6 heteroatoms. The molecule has 2 aromatic rings. The largest absolute Gasteiger partial charge is 0.344 e. The minimum absolute atomic E-state index is 0.158. The number of hydrogen-bond acceptors (Lipinski definition) is 2. The summed E-state index contributed by atoms with van der Waals surface area (Å²) in [4.78, 5) is 13.0. The average molecular weight is 355 g/mol. The summed E-state index contributed by atoms with van der Waals surface area (Å²) in [7, 11) is 0.863. The van der Waals surface area contributed by atoms with Gasteiger partial charge in [0.1, 0.15) is 0 Å². The van der Waals surface area contributed by atoms with Gasteiger partial charge in [0.25, 0.3) is 5.91 Å². The lowest BCUT2D eigenvalue weighted by molar-refractivity contribution is 0.102. The van der Waals surface area contributed by atoms with E-state index in [4.69, 9.17) is 0 Å². The quantitative estimate of drug-likeness (QED) is 0.920. The number of hydrogen-bond donors (Lipinski definition) is 1. The highest BCUT2D eigenvalue weighted by molar-refractivity contribution is 9.10. The van der Waals surface area contributed by atoms with Gasteiger partial charge in [0.15, 0.2) is 0 Å². The maximum atomic E-state index is 12.2. The molecule has 1 unspecified atom stereocenters. The third-order valence-corrected chi connectivity index (χ3v) is 5.12. The number of carbonyl (C=O) groups excluding carboxylic acids is 1. The summed E-state index contributed by atoms with van der Waals surface area (Å²) in [5.41, 5.74) is 2.21. The smallest absolute Gasteiger partial charge is 0.257 e. The Balaban J connectivity index is 2.19. The van der Waals surface area contributed by atoms with Crippen LogP contribution in [0.1, 0.15) is 15.9 Å². The molecule has 0 aliphatic rings. The Morgan fingerprint density at radius 3 is 2.35 bits per heavy atom. The average Bonchev–Trinajstić information content (AvgIpc) is 2.67. The zero-order valence-electron chi connectivity index (χ0n) is 11.4. The van der Waals surface area contributed by atoms with Gasteiger partial charge in [-0.3, -0.25) is 9.00 Å². The van der Waals surface area contributed by atoms with E-state index in [-0.39, 0.29) is 5.91 Å². The third kappa shape index (κ3) is 3.02. The number of aryl methyl sites for hydroxylation is 1. The molecule has 0 aliphatic carbocycles. The van der Waals surface area contributed by atoms with Gasteiger partial charge in [-0.15, -0.1) is 0 Å². The second kappa shape index (κ2) is 5.93. The predicted molar refractivity (Wildman–Crippen MR) is 84.6 cm³/mol. The zero-order valence-corrected chi connectivity index (χ0v) is 13.8. The Labute approximate surface area is 128 Å². The molecule has 0 spiro atoms. The van der Waals surface area contributed by atoms with Crippen molar-refractivity contribution in [2.24, 2.45) is 7.05 Å². The van der Waals surface area contributed by atoms with Crippen LogP contribution in [0, 0.1) is 6.92 Å². The number of benzene rings is 1. The van der Waals surface area contributed by atoms with Crippen LogP contribution in [0.2, 0.25) is 0 Å². The SMILES string of the molecule is Cc1c(C(=O)Nc2ccc(S(C)=O)cc2)cn(C)c1Br. The first-order valence-corrected chi connectivity index (χ1v) is 8.31. The van der Waals surface area contributed by atoms with Gasteiger partial charge in [-0.1, -0.05) is 0 Å². The summed E-state index contributed by atoms with van der Waals surface area (Å²) in [6.07, 6.45) is 3.41. The van der Waals surface area contributed by atoms with Crippen molar-refractivity contribution in [2.45, 2.75) is 11.8 Å². The van der Waals surface area contributed by atoms with E-state index >= 15 is 0 Å². The highest BCUT2D eigenvalue weighted by Gasteiger charge is 2.15. The Bertz CT molecular complexity index is 677. The van der Waals surface area contributed by atoms with Crippen molar-refractivity contribution in [1.29, 1.82) is 0 Å². The van der Waals surface area contributed by atoms with Gasteiger partial charge in [0.05, 0.1) is 10.2 Å². The second-order valence-corrected chi connectivity index (χ2v) is 6.63. The highest BCUT2D eigenvalue weighted by Crippen LogP contribution is 2.22. The molecular formula is C14H15BrN2O2S. The van der Waals surface area contributed by atoms with Crippen molar-refractivity contribution in [1.82, 2.24) is 4.57 Å². The fraction of sp³-hybridized carbons (Fsp3) is 0.214. The molecule has 1 heterocycles. The summed E-state index contributed by atoms with van der Waals surface area (Å²) in [6.45, 7) is 1.89. The van der Waals surface area contributed by atoms with E-state index in [1.165, 1.54) is 0 Å². The van der Waals surface area contributed by atoms with Gasteiger partial charge in [0.2, 0.25) is 0 Å². The number of halogens is 1. The van der Waals surface area contributed by atoms with Crippen molar-refractivity contribution >= 4 is 38.3 Å². The zero-order chi connectivity index (χ0) is 14.9. The number of nitrogens with zero attached hydrogens (tertiary/aromatic N) is 1. The molecule has 1 N–H and O–H groups in total. The van der Waals surface area contributed by atoms with E-state index in [9.17, 15) is 9.00 Å². The fourth-order valence-corrected chi connectivity index (χ4v) is 2.72. The fourth-order valence-electron chi connectivity index (χ4n) is 1.88. The molecule has 1 aromatic heterocycles. The summed E-state index contributed by atoms with van der Waals surface area (Å²) in [6, 6.07) is 7.00. The lowest BCUT2D eigenvalue weighted by Crippen LogP contribution is -2.12. The van der Waals surface area contributed by atoms with E-state index < -0.39 is 10.8 Å². The maximum absolute atomic E-state index is 12.2. The van der Waals surface area contributed by atoms with Crippen molar-refractivity contribution in [3.63, 3.8) is 0 Å². The number of amides is 1. The van der Waals surface area contributed by atoms with Crippen molar-refractivity contribution < 1.29 is 9.00 Å². The van der Waals surface area contributed by atoms with Crippen molar-refractivity contribution in [2.75, 3.05) is 11.6 Å². The van der Waals surface area contributed by atoms with Gasteiger partial charge in [-0.2, -0.15) is 0 Å². The lowest BCUT2D eigenvalue weighted by Gasteiger charge is -2.05. The normalized spacial score (nSPS) is 12.2. The number of aromatic nitrogens is 1. The number of nitrogens with one attached hydrogen (secondary N) is 1. The summed E-state index contributed by atoms with van der Waals surface area (Å²) in [5.74, 6) is -0.158. The van der Waals surface area contributed by atoms with Gasteiger partial charge in [-0.05, 0) is 52.7 Å². The van der Waals surface area contributed by atoms with Crippen LogP contribution in [0.15, 0.2) is 40.0 Å². The molecule has 0 bridgehead atoms. The molecule has 1 amide bonds. The minimum atomic E-state index is -1.01. The first-order chi connectivity index (χ1) is 9.40. The molecule has 0 saturated heterocycles. The predicted octanol–water partition coefficient (Wildman–Crippen LogP) is 3.09. The molecule has 0 saturated carbocycles. The second-order valence-electron chi connectivity index (χ2n) is 4.50. The molecule has 1 aromatic carbocycles. The van der Waals surface area contributed by atoms with Crippen LogP contribution in [-0.4, -0.2) is 20.9 Å². The van der Waals surface area contributed by atoms with Crippen LogP contribution in [0.3, 0.4) is 0 Å². The number of carbonyl (C=O) groups is 1. The Kier molecular flexibility index (Phi) is 4.45. The van der Waals surface area contributed by atoms with E-state index in [1.807, 2.05) is 18.5 Å². The molecule has 2 rings (SSSR count). The summed E-state index contributed by atoms with van der Waals surface area (Å²) >= 11 is 3.43. The molecular weight excluding hydrogens is 340 g/mol. The van der Waals surface area contributed by atoms with Crippen molar-refractivity contribution in [3.05, 3.63) is 46.2 Å². The number of rotatable bonds is 3. The maximum Gasteiger partial charge on any atom is 0.257 e. The number of anilines is 1. The van der Waals surface area contributed by atoms with Crippen LogP contribution in [0.4, 0.5) is 5.69 Å². The molecule has 4 nitrogen and oxygen atoms in total. The molecule has 0 radical (unpaired) electrons. The van der Waals surface area contributed by atoms with E-state index in [0.717, 1.165) is 15.1 Å². The highest BCUT2D eigenvalue weighted by atomic mass is 79.9. The van der Waals surface area contributed by atoms with Gasteiger partial charge < -0.3 is 9.88 Å². The Hall–Kier alpha value is -1.40. The molecule has 0 aliphatic heterocycles. The Morgan fingerprint density at radius 2 is 1.90 bits per heavy atom. The van der Waals surface area contributed by atoms with E-state index in [2.05, 4.69) is 21.2 Å². The van der Waals surface area contributed by atoms with Crippen LogP contribution in [-0.2, 0) is 17.8 Å². The summed E-state index contributed by atoms with van der Waals surface area (Å²) in [5, 5.41) is 2.83. The van der Waals surface area contributed by atoms with Crippen LogP contribution in [0.5, 0.6) is 0 Å². The van der Waals surface area contributed by atoms with E-state index in [0.29, 0.717) is 11.3 Å². The standard InChI is InChI=1S/C14H15BrN2O2S/c1-9-12(8-17(2)13(9)15)14(18)16-10-4-6-11(7-5-10)20(3)19/h4-8H,1-3H3,(H,16,18). The van der Waals surface area contributed by atoms with Crippen molar-refractivity contribution in [3.8, 4) is 0 Å².